The monoisotopic (exact) mass is 451 g/mol. The van der Waals surface area contributed by atoms with Crippen LogP contribution in [0.2, 0.25) is 0 Å². The van der Waals surface area contributed by atoms with Gasteiger partial charge in [-0.2, -0.15) is 0 Å². The van der Waals surface area contributed by atoms with E-state index in [9.17, 15) is 18.4 Å². The number of hydrogen-bond donors (Lipinski definition) is 3. The fraction of sp³-hybridized carbons (Fsp3) is 0.500. The highest BCUT2D eigenvalue weighted by Crippen LogP contribution is 2.10. The number of benzene rings is 1. The van der Waals surface area contributed by atoms with Gasteiger partial charge in [-0.1, -0.05) is 13.3 Å². The summed E-state index contributed by atoms with van der Waals surface area (Å²) < 4.78 is 33.6. The van der Waals surface area contributed by atoms with Crippen LogP contribution in [0.4, 0.5) is 14.6 Å². The number of nitrogens with zero attached hydrogens (tertiary/aromatic N) is 2. The fourth-order valence-electron chi connectivity index (χ4n) is 3.21. The van der Waals surface area contributed by atoms with Gasteiger partial charge in [-0.15, -0.1) is 0 Å². The summed E-state index contributed by atoms with van der Waals surface area (Å²) in [7, 11) is 1.65. The number of rotatable bonds is 13. The number of aromatic nitrogens is 2. The predicted octanol–water partition coefficient (Wildman–Crippen LogP) is 2.25. The molecule has 32 heavy (non-hydrogen) atoms. The average Bonchev–Trinajstić information content (AvgIpc) is 3.14. The zero-order valence-electron chi connectivity index (χ0n) is 18.7. The van der Waals surface area contributed by atoms with Crippen molar-refractivity contribution in [3.05, 3.63) is 47.9 Å². The molecule has 1 heterocycles. The molecule has 2 amide bonds. The number of imidazole rings is 1. The van der Waals surface area contributed by atoms with E-state index in [2.05, 4.69) is 20.9 Å². The van der Waals surface area contributed by atoms with Crippen molar-refractivity contribution in [3.8, 4) is 0 Å². The summed E-state index contributed by atoms with van der Waals surface area (Å²) in [6.45, 7) is 5.90. The van der Waals surface area contributed by atoms with Crippen LogP contribution in [-0.4, -0.2) is 53.7 Å². The van der Waals surface area contributed by atoms with Crippen LogP contribution in [0.5, 0.6) is 0 Å². The molecule has 176 valence electrons. The van der Waals surface area contributed by atoms with Crippen LogP contribution in [0.1, 0.15) is 32.3 Å². The number of amides is 2. The molecule has 10 heteroatoms. The summed E-state index contributed by atoms with van der Waals surface area (Å²) in [6.07, 6.45) is 4.17. The average molecular weight is 452 g/mol. The van der Waals surface area contributed by atoms with Crippen LogP contribution in [0.3, 0.4) is 0 Å². The minimum absolute atomic E-state index is 0.197. The lowest BCUT2D eigenvalue weighted by Crippen LogP contribution is -2.44. The number of anilines is 1. The number of nitrogens with one attached hydrogen (secondary N) is 3. The van der Waals surface area contributed by atoms with Crippen LogP contribution < -0.4 is 16.0 Å². The lowest BCUT2D eigenvalue weighted by atomic mass is 10.1. The SMILES string of the molecule is CCC[C@H](NC(=O)Cc1cc(F)cc(F)c1)C(=O)Nc1cn(CCNC(C)COC)cn1. The van der Waals surface area contributed by atoms with Gasteiger partial charge in [-0.05, 0) is 31.0 Å². The van der Waals surface area contributed by atoms with Gasteiger partial charge in [0.1, 0.15) is 17.7 Å². The molecule has 0 aliphatic carbocycles. The van der Waals surface area contributed by atoms with E-state index in [-0.39, 0.29) is 18.0 Å². The van der Waals surface area contributed by atoms with Gasteiger partial charge in [0.15, 0.2) is 5.82 Å². The van der Waals surface area contributed by atoms with E-state index in [1.165, 1.54) is 0 Å². The Morgan fingerprint density at radius 1 is 1.22 bits per heavy atom. The van der Waals surface area contributed by atoms with Gasteiger partial charge < -0.3 is 25.3 Å². The molecule has 0 radical (unpaired) electrons. The Morgan fingerprint density at radius 3 is 2.59 bits per heavy atom. The zero-order chi connectivity index (χ0) is 23.5. The van der Waals surface area contributed by atoms with Crippen molar-refractivity contribution in [2.24, 2.45) is 0 Å². The highest BCUT2D eigenvalue weighted by molar-refractivity contribution is 5.96. The Labute approximate surface area is 186 Å². The number of carbonyl (C=O) groups excluding carboxylic acids is 2. The van der Waals surface area contributed by atoms with Gasteiger partial charge in [-0.25, -0.2) is 13.8 Å². The van der Waals surface area contributed by atoms with Gasteiger partial charge in [0.2, 0.25) is 11.8 Å². The van der Waals surface area contributed by atoms with Crippen molar-refractivity contribution in [3.63, 3.8) is 0 Å². The number of methoxy groups -OCH3 is 1. The molecule has 0 aliphatic heterocycles. The Balaban J connectivity index is 1.88. The van der Waals surface area contributed by atoms with Crippen molar-refractivity contribution in [2.45, 2.75) is 51.7 Å². The van der Waals surface area contributed by atoms with Crippen LogP contribution >= 0.6 is 0 Å². The van der Waals surface area contributed by atoms with Crippen LogP contribution in [-0.2, 0) is 27.3 Å². The normalized spacial score (nSPS) is 12.9. The molecule has 0 saturated heterocycles. The van der Waals surface area contributed by atoms with E-state index in [1.54, 1.807) is 19.6 Å². The number of halogens is 2. The molecule has 0 spiro atoms. The lowest BCUT2D eigenvalue weighted by Gasteiger charge is -2.17. The van der Waals surface area contributed by atoms with Crippen molar-refractivity contribution in [1.29, 1.82) is 0 Å². The lowest BCUT2D eigenvalue weighted by molar-refractivity contribution is -0.126. The highest BCUT2D eigenvalue weighted by atomic mass is 19.1. The van der Waals surface area contributed by atoms with Crippen LogP contribution in [0.15, 0.2) is 30.7 Å². The molecular weight excluding hydrogens is 420 g/mol. The molecule has 3 N–H and O–H groups in total. The Bertz CT molecular complexity index is 870. The number of hydrogen-bond acceptors (Lipinski definition) is 5. The highest BCUT2D eigenvalue weighted by Gasteiger charge is 2.21. The van der Waals surface area contributed by atoms with E-state index in [0.717, 1.165) is 18.2 Å². The van der Waals surface area contributed by atoms with Gasteiger partial charge in [0.05, 0.1) is 19.4 Å². The summed E-state index contributed by atoms with van der Waals surface area (Å²) in [5.41, 5.74) is 0.197. The smallest absolute Gasteiger partial charge is 0.248 e. The first-order valence-corrected chi connectivity index (χ1v) is 10.6. The quantitative estimate of drug-likeness (QED) is 0.434. The second-order valence-electron chi connectivity index (χ2n) is 7.66. The van der Waals surface area contributed by atoms with Crippen molar-refractivity contribution >= 4 is 17.6 Å². The molecule has 2 atom stereocenters. The van der Waals surface area contributed by atoms with E-state index >= 15 is 0 Å². The molecule has 8 nitrogen and oxygen atoms in total. The third-order valence-electron chi connectivity index (χ3n) is 4.68. The van der Waals surface area contributed by atoms with E-state index in [1.807, 2.05) is 18.4 Å². The van der Waals surface area contributed by atoms with Gasteiger partial charge in [-0.3, -0.25) is 9.59 Å². The van der Waals surface area contributed by atoms with Crippen molar-refractivity contribution < 1.29 is 23.1 Å². The number of ether oxygens (including phenoxy) is 1. The standard InChI is InChI=1S/C22H31F2N5O3/c1-4-5-19(27-21(30)10-16-8-17(23)11-18(24)9-16)22(31)28-20-12-29(14-26-20)7-6-25-15(2)13-32-3/h8-9,11-12,14-15,19,25H,4-7,10,13H2,1-3H3,(H,27,30)(H,28,31)/t15?,19-/m0/s1. The minimum Gasteiger partial charge on any atom is -0.383 e. The predicted molar refractivity (Wildman–Crippen MR) is 117 cm³/mol. The van der Waals surface area contributed by atoms with E-state index in [4.69, 9.17) is 4.74 Å². The molecule has 0 saturated carbocycles. The molecule has 1 unspecified atom stereocenters. The first kappa shape index (κ1) is 25.4. The van der Waals surface area contributed by atoms with E-state index < -0.39 is 29.5 Å². The first-order valence-electron chi connectivity index (χ1n) is 10.6. The number of carbonyl (C=O) groups is 2. The van der Waals surface area contributed by atoms with Crippen molar-refractivity contribution in [1.82, 2.24) is 20.2 Å². The third-order valence-corrected chi connectivity index (χ3v) is 4.68. The van der Waals surface area contributed by atoms with Gasteiger partial charge in [0.25, 0.3) is 0 Å². The summed E-state index contributed by atoms with van der Waals surface area (Å²) in [5.74, 6) is -2.03. The van der Waals surface area contributed by atoms with E-state index in [0.29, 0.717) is 38.4 Å². The maximum atomic E-state index is 13.3. The van der Waals surface area contributed by atoms with Gasteiger partial charge >= 0.3 is 0 Å². The van der Waals surface area contributed by atoms with Gasteiger partial charge in [0, 0.05) is 38.5 Å². The molecule has 0 fully saturated rings. The molecule has 2 rings (SSSR count). The summed E-state index contributed by atoms with van der Waals surface area (Å²) >= 11 is 0. The Kier molecular flexibility index (Phi) is 10.2. The largest absolute Gasteiger partial charge is 0.383 e. The maximum absolute atomic E-state index is 13.3. The summed E-state index contributed by atoms with van der Waals surface area (Å²) in [4.78, 5) is 29.2. The van der Waals surface area contributed by atoms with Crippen molar-refractivity contribution in [2.75, 3.05) is 25.6 Å². The van der Waals surface area contributed by atoms with Crippen LogP contribution in [0.25, 0.3) is 0 Å². The molecule has 2 aromatic rings. The molecule has 1 aromatic carbocycles. The fourth-order valence-corrected chi connectivity index (χ4v) is 3.21. The summed E-state index contributed by atoms with van der Waals surface area (Å²) in [6, 6.07) is 2.37. The second-order valence-corrected chi connectivity index (χ2v) is 7.66. The molecule has 0 aliphatic rings. The second kappa shape index (κ2) is 12.9. The Hall–Kier alpha value is -2.85. The Morgan fingerprint density at radius 2 is 1.94 bits per heavy atom. The minimum atomic E-state index is -0.785. The topological polar surface area (TPSA) is 97.3 Å². The summed E-state index contributed by atoms with van der Waals surface area (Å²) in [5, 5.41) is 8.66. The molecular formula is C22H31F2N5O3. The third kappa shape index (κ3) is 8.72. The molecule has 0 bridgehead atoms. The van der Waals surface area contributed by atoms with Crippen LogP contribution in [0, 0.1) is 11.6 Å². The zero-order valence-corrected chi connectivity index (χ0v) is 18.7. The first-order chi connectivity index (χ1) is 15.3. The molecule has 1 aromatic heterocycles. The maximum Gasteiger partial charge on any atom is 0.248 e.